The van der Waals surface area contributed by atoms with Gasteiger partial charge in [-0.15, -0.1) is 0 Å². The van der Waals surface area contributed by atoms with E-state index in [1.165, 1.54) is 20.3 Å². The zero-order valence-corrected chi connectivity index (χ0v) is 16.7. The van der Waals surface area contributed by atoms with E-state index in [2.05, 4.69) is 5.32 Å². The van der Waals surface area contributed by atoms with Gasteiger partial charge in [-0.05, 0) is 56.7 Å². The standard InChI is InChI=1S/C21H25NO6/c1-13(2)28-18-9-7-15(11-19(18)26-5)21(24)27-12-20(23)22-16-10-14(3)6-8-17(16)25-4/h6-11,13H,12H2,1-5H3,(H,22,23). The Hall–Kier alpha value is -3.22. The van der Waals surface area contributed by atoms with Crippen LogP contribution in [0.4, 0.5) is 5.69 Å². The fourth-order valence-electron chi connectivity index (χ4n) is 2.47. The topological polar surface area (TPSA) is 83.1 Å². The molecule has 0 aliphatic heterocycles. The minimum atomic E-state index is -0.638. The molecule has 0 atom stereocenters. The molecule has 0 saturated carbocycles. The van der Waals surface area contributed by atoms with Crippen molar-refractivity contribution < 1.29 is 28.5 Å². The molecular formula is C21H25NO6. The molecule has 2 aromatic rings. The smallest absolute Gasteiger partial charge is 0.338 e. The van der Waals surface area contributed by atoms with Gasteiger partial charge < -0.3 is 24.3 Å². The van der Waals surface area contributed by atoms with Crippen LogP contribution in [0.3, 0.4) is 0 Å². The van der Waals surface area contributed by atoms with Gasteiger partial charge in [0.1, 0.15) is 5.75 Å². The fourth-order valence-corrected chi connectivity index (χ4v) is 2.47. The summed E-state index contributed by atoms with van der Waals surface area (Å²) in [5, 5.41) is 2.68. The number of carbonyl (C=O) groups excluding carboxylic acids is 2. The lowest BCUT2D eigenvalue weighted by atomic mass is 10.2. The maximum atomic E-state index is 12.3. The van der Waals surface area contributed by atoms with Crippen molar-refractivity contribution in [3.8, 4) is 17.2 Å². The molecule has 0 spiro atoms. The van der Waals surface area contributed by atoms with Crippen LogP contribution < -0.4 is 19.5 Å². The molecule has 0 radical (unpaired) electrons. The van der Waals surface area contributed by atoms with E-state index in [1.807, 2.05) is 26.8 Å². The molecule has 0 aliphatic rings. The van der Waals surface area contributed by atoms with Gasteiger partial charge in [0.15, 0.2) is 18.1 Å². The van der Waals surface area contributed by atoms with Crippen molar-refractivity contribution in [3.05, 3.63) is 47.5 Å². The van der Waals surface area contributed by atoms with Gasteiger partial charge in [-0.1, -0.05) is 6.07 Å². The van der Waals surface area contributed by atoms with E-state index in [0.29, 0.717) is 22.9 Å². The quantitative estimate of drug-likeness (QED) is 0.697. The number of ether oxygens (including phenoxy) is 4. The van der Waals surface area contributed by atoms with Gasteiger partial charge in [-0.25, -0.2) is 4.79 Å². The molecule has 0 aromatic heterocycles. The maximum absolute atomic E-state index is 12.3. The minimum absolute atomic E-state index is 0.0333. The van der Waals surface area contributed by atoms with Crippen LogP contribution in [0.5, 0.6) is 17.2 Å². The van der Waals surface area contributed by atoms with E-state index in [1.54, 1.807) is 24.3 Å². The molecule has 1 N–H and O–H groups in total. The fraction of sp³-hybridized carbons (Fsp3) is 0.333. The van der Waals surface area contributed by atoms with Crippen molar-refractivity contribution in [2.45, 2.75) is 26.9 Å². The lowest BCUT2D eigenvalue weighted by Crippen LogP contribution is -2.21. The summed E-state index contributed by atoms with van der Waals surface area (Å²) in [4.78, 5) is 24.4. The highest BCUT2D eigenvalue weighted by Gasteiger charge is 2.15. The minimum Gasteiger partial charge on any atom is -0.495 e. The zero-order valence-electron chi connectivity index (χ0n) is 16.7. The summed E-state index contributed by atoms with van der Waals surface area (Å²) < 4.78 is 21.2. The van der Waals surface area contributed by atoms with Crippen molar-refractivity contribution >= 4 is 17.6 Å². The summed E-state index contributed by atoms with van der Waals surface area (Å²) in [6.45, 7) is 5.25. The number of hydrogen-bond donors (Lipinski definition) is 1. The molecular weight excluding hydrogens is 362 g/mol. The van der Waals surface area contributed by atoms with Gasteiger partial charge in [0.2, 0.25) is 0 Å². The van der Waals surface area contributed by atoms with Crippen LogP contribution in [0.15, 0.2) is 36.4 Å². The second-order valence-electron chi connectivity index (χ2n) is 6.36. The number of esters is 1. The Bertz CT molecular complexity index is 847. The first kappa shape index (κ1) is 21.1. The van der Waals surface area contributed by atoms with Gasteiger partial charge in [-0.2, -0.15) is 0 Å². The number of methoxy groups -OCH3 is 2. The normalized spacial score (nSPS) is 10.4. The monoisotopic (exact) mass is 387 g/mol. The predicted octanol–water partition coefficient (Wildman–Crippen LogP) is 3.59. The number of rotatable bonds is 8. The Balaban J connectivity index is 2.00. The van der Waals surface area contributed by atoms with Gasteiger partial charge in [0.05, 0.1) is 31.6 Å². The molecule has 150 valence electrons. The Labute approximate surface area is 164 Å². The largest absolute Gasteiger partial charge is 0.495 e. The molecule has 0 aliphatic carbocycles. The molecule has 1 amide bonds. The molecule has 7 heteroatoms. The van der Waals surface area contributed by atoms with Gasteiger partial charge >= 0.3 is 5.97 Å². The highest BCUT2D eigenvalue weighted by atomic mass is 16.5. The second kappa shape index (κ2) is 9.64. The number of carbonyl (C=O) groups is 2. The molecule has 7 nitrogen and oxygen atoms in total. The van der Waals surface area contributed by atoms with E-state index in [0.717, 1.165) is 5.56 Å². The van der Waals surface area contributed by atoms with Crippen molar-refractivity contribution in [1.82, 2.24) is 0 Å². The Morgan fingerprint density at radius 1 is 0.964 bits per heavy atom. The third-order valence-corrected chi connectivity index (χ3v) is 3.73. The summed E-state index contributed by atoms with van der Waals surface area (Å²) in [6, 6.07) is 10.1. The van der Waals surface area contributed by atoms with Crippen LogP contribution in [-0.4, -0.2) is 38.8 Å². The number of amides is 1. The molecule has 2 rings (SSSR count). The first-order valence-electron chi connectivity index (χ1n) is 8.80. The summed E-state index contributed by atoms with van der Waals surface area (Å²) in [5.41, 5.74) is 1.73. The van der Waals surface area contributed by atoms with Crippen molar-refractivity contribution in [3.63, 3.8) is 0 Å². The number of anilines is 1. The average molecular weight is 387 g/mol. The summed E-state index contributed by atoms with van der Waals surface area (Å²) in [6.07, 6.45) is -0.0333. The third kappa shape index (κ3) is 5.64. The Kier molecular flexibility index (Phi) is 7.26. The van der Waals surface area contributed by atoms with Crippen LogP contribution in [0.1, 0.15) is 29.8 Å². The van der Waals surface area contributed by atoms with Crippen LogP contribution in [0.25, 0.3) is 0 Å². The molecule has 28 heavy (non-hydrogen) atoms. The number of aryl methyl sites for hydroxylation is 1. The molecule has 0 saturated heterocycles. The predicted molar refractivity (Wildman–Crippen MR) is 105 cm³/mol. The van der Waals surface area contributed by atoms with Crippen LogP contribution >= 0.6 is 0 Å². The summed E-state index contributed by atoms with van der Waals surface area (Å²) in [5.74, 6) is 0.357. The SMILES string of the molecule is COc1ccc(C)cc1NC(=O)COC(=O)c1ccc(OC(C)C)c(OC)c1. The average Bonchev–Trinajstić information content (AvgIpc) is 2.66. The number of nitrogens with one attached hydrogen (secondary N) is 1. The Morgan fingerprint density at radius 2 is 1.64 bits per heavy atom. The molecule has 0 fully saturated rings. The van der Waals surface area contributed by atoms with Crippen molar-refractivity contribution in [2.24, 2.45) is 0 Å². The first-order chi connectivity index (χ1) is 13.3. The van der Waals surface area contributed by atoms with Gasteiger partial charge in [0, 0.05) is 0 Å². The van der Waals surface area contributed by atoms with E-state index in [-0.39, 0.29) is 11.7 Å². The third-order valence-electron chi connectivity index (χ3n) is 3.73. The zero-order chi connectivity index (χ0) is 20.7. The molecule has 0 bridgehead atoms. The molecule has 0 heterocycles. The lowest BCUT2D eigenvalue weighted by Gasteiger charge is -2.14. The van der Waals surface area contributed by atoms with Crippen molar-refractivity contribution in [1.29, 1.82) is 0 Å². The van der Waals surface area contributed by atoms with Crippen molar-refractivity contribution in [2.75, 3.05) is 26.1 Å². The number of benzene rings is 2. The summed E-state index contributed by atoms with van der Waals surface area (Å²) >= 11 is 0. The highest BCUT2D eigenvalue weighted by molar-refractivity contribution is 5.96. The molecule has 0 unspecified atom stereocenters. The highest BCUT2D eigenvalue weighted by Crippen LogP contribution is 2.29. The van der Waals surface area contributed by atoms with Gasteiger partial charge in [-0.3, -0.25) is 4.79 Å². The van der Waals surface area contributed by atoms with Crippen LogP contribution in [-0.2, 0) is 9.53 Å². The Morgan fingerprint density at radius 3 is 2.29 bits per heavy atom. The van der Waals surface area contributed by atoms with E-state index in [9.17, 15) is 9.59 Å². The first-order valence-corrected chi connectivity index (χ1v) is 8.80. The van der Waals surface area contributed by atoms with Gasteiger partial charge in [0.25, 0.3) is 5.91 Å². The second-order valence-corrected chi connectivity index (χ2v) is 6.36. The van der Waals surface area contributed by atoms with E-state index in [4.69, 9.17) is 18.9 Å². The van der Waals surface area contributed by atoms with Crippen LogP contribution in [0.2, 0.25) is 0 Å². The maximum Gasteiger partial charge on any atom is 0.338 e. The number of hydrogen-bond acceptors (Lipinski definition) is 6. The van der Waals surface area contributed by atoms with E-state index < -0.39 is 18.5 Å². The van der Waals surface area contributed by atoms with Crippen LogP contribution in [0, 0.1) is 6.92 Å². The molecule has 2 aromatic carbocycles. The lowest BCUT2D eigenvalue weighted by molar-refractivity contribution is -0.119. The summed E-state index contributed by atoms with van der Waals surface area (Å²) in [7, 11) is 3.00. The van der Waals surface area contributed by atoms with E-state index >= 15 is 0 Å².